The lowest BCUT2D eigenvalue weighted by Gasteiger charge is -2.15. The van der Waals surface area contributed by atoms with Crippen molar-refractivity contribution < 1.29 is 9.18 Å². The molecule has 1 unspecified atom stereocenters. The molecule has 4 N–H and O–H groups in total. The van der Waals surface area contributed by atoms with E-state index in [4.69, 9.17) is 5.73 Å². The van der Waals surface area contributed by atoms with Crippen molar-refractivity contribution in [3.05, 3.63) is 76.9 Å². The summed E-state index contributed by atoms with van der Waals surface area (Å²) in [6.45, 7) is 0.638. The molecule has 1 aliphatic carbocycles. The summed E-state index contributed by atoms with van der Waals surface area (Å²) in [6.07, 6.45) is 3.20. The van der Waals surface area contributed by atoms with Crippen molar-refractivity contribution in [2.45, 2.75) is 25.4 Å². The minimum absolute atomic E-state index is 0.0954. The van der Waals surface area contributed by atoms with Gasteiger partial charge in [0.25, 0.3) is 5.91 Å². The number of hydrogen-bond acceptors (Lipinski definition) is 5. The van der Waals surface area contributed by atoms with Crippen molar-refractivity contribution in [3.63, 3.8) is 0 Å². The Hall–Kier alpha value is -3.32. The first-order chi connectivity index (χ1) is 14.1. The molecule has 0 saturated heterocycles. The van der Waals surface area contributed by atoms with Crippen LogP contribution in [0.25, 0.3) is 11.3 Å². The standard InChI is InChI=1S/C22H22FN5O/c1-25-22(29)20-21(24)27-12-19(28-20)14-5-2-4-13(10-14)11-26-18-9-8-15-16(18)6-3-7-17(15)23/h2-7,10,12,18,26H,8-9,11H2,1H3,(H2,24,27)(H,25,29). The number of amides is 1. The maximum Gasteiger partial charge on any atom is 0.273 e. The Morgan fingerprint density at radius 2 is 2.10 bits per heavy atom. The van der Waals surface area contributed by atoms with Crippen LogP contribution < -0.4 is 16.4 Å². The van der Waals surface area contributed by atoms with Gasteiger partial charge in [-0.2, -0.15) is 0 Å². The molecule has 2 aromatic carbocycles. The van der Waals surface area contributed by atoms with E-state index < -0.39 is 0 Å². The number of nitrogens with one attached hydrogen (secondary N) is 2. The lowest BCUT2D eigenvalue weighted by Crippen LogP contribution is -2.21. The van der Waals surface area contributed by atoms with Gasteiger partial charge in [0.1, 0.15) is 5.82 Å². The van der Waals surface area contributed by atoms with Gasteiger partial charge in [-0.3, -0.25) is 4.79 Å². The number of hydrogen-bond donors (Lipinski definition) is 3. The lowest BCUT2D eigenvalue weighted by molar-refractivity contribution is 0.0959. The van der Waals surface area contributed by atoms with Crippen LogP contribution in [0.5, 0.6) is 0 Å². The molecule has 7 heteroatoms. The Kier molecular flexibility index (Phi) is 5.22. The third-order valence-electron chi connectivity index (χ3n) is 5.23. The third kappa shape index (κ3) is 3.82. The molecule has 29 heavy (non-hydrogen) atoms. The first kappa shape index (κ1) is 19.0. The summed E-state index contributed by atoms with van der Waals surface area (Å²) in [7, 11) is 1.52. The van der Waals surface area contributed by atoms with Gasteiger partial charge < -0.3 is 16.4 Å². The molecule has 0 bridgehead atoms. The number of rotatable bonds is 5. The van der Waals surface area contributed by atoms with E-state index in [9.17, 15) is 9.18 Å². The van der Waals surface area contributed by atoms with Gasteiger partial charge in [-0.25, -0.2) is 14.4 Å². The van der Waals surface area contributed by atoms with E-state index >= 15 is 0 Å². The second-order valence-corrected chi connectivity index (χ2v) is 7.05. The predicted octanol–water partition coefficient (Wildman–Crippen LogP) is 3.00. The van der Waals surface area contributed by atoms with Crippen molar-refractivity contribution >= 4 is 11.7 Å². The summed E-state index contributed by atoms with van der Waals surface area (Å²) in [5.41, 5.74) is 10.2. The van der Waals surface area contributed by atoms with Gasteiger partial charge >= 0.3 is 0 Å². The molecule has 0 saturated carbocycles. The van der Waals surface area contributed by atoms with Gasteiger partial charge in [0.2, 0.25) is 0 Å². The van der Waals surface area contributed by atoms with Gasteiger partial charge in [0.05, 0.1) is 11.9 Å². The fourth-order valence-electron chi connectivity index (χ4n) is 3.73. The van der Waals surface area contributed by atoms with Crippen molar-refractivity contribution in [2.75, 3.05) is 12.8 Å². The maximum atomic E-state index is 13.9. The van der Waals surface area contributed by atoms with Crippen molar-refractivity contribution in [1.29, 1.82) is 0 Å². The van der Waals surface area contributed by atoms with E-state index in [1.54, 1.807) is 12.3 Å². The minimum Gasteiger partial charge on any atom is -0.382 e. The number of fused-ring (bicyclic) bond motifs is 1. The number of carbonyl (C=O) groups is 1. The molecule has 0 aliphatic heterocycles. The van der Waals surface area contributed by atoms with Crippen LogP contribution in [-0.4, -0.2) is 22.9 Å². The van der Waals surface area contributed by atoms with Crippen LogP contribution in [0.2, 0.25) is 0 Å². The molecule has 4 rings (SSSR count). The van der Waals surface area contributed by atoms with E-state index in [1.165, 1.54) is 13.1 Å². The molecule has 1 heterocycles. The number of nitrogens with two attached hydrogens (primary N) is 1. The minimum atomic E-state index is -0.373. The quantitative estimate of drug-likeness (QED) is 0.622. The van der Waals surface area contributed by atoms with Gasteiger partial charge in [0.15, 0.2) is 11.5 Å². The van der Waals surface area contributed by atoms with Crippen LogP contribution in [0, 0.1) is 5.82 Å². The van der Waals surface area contributed by atoms with E-state index in [-0.39, 0.29) is 29.3 Å². The number of halogens is 1. The summed E-state index contributed by atoms with van der Waals surface area (Å²) in [5.74, 6) is -0.400. The molecule has 1 aromatic heterocycles. The highest BCUT2D eigenvalue weighted by atomic mass is 19.1. The summed E-state index contributed by atoms with van der Waals surface area (Å²) in [4.78, 5) is 20.4. The Bertz CT molecular complexity index is 1070. The Labute approximate surface area is 168 Å². The third-order valence-corrected chi connectivity index (χ3v) is 5.23. The van der Waals surface area contributed by atoms with Gasteiger partial charge in [0, 0.05) is 25.2 Å². The molecule has 148 valence electrons. The van der Waals surface area contributed by atoms with Crippen molar-refractivity contribution in [1.82, 2.24) is 20.6 Å². The Morgan fingerprint density at radius 3 is 2.93 bits per heavy atom. The Morgan fingerprint density at radius 1 is 1.28 bits per heavy atom. The van der Waals surface area contributed by atoms with Crippen molar-refractivity contribution in [2.24, 2.45) is 0 Å². The summed E-state index contributed by atoms with van der Waals surface area (Å²) >= 11 is 0. The number of benzene rings is 2. The van der Waals surface area contributed by atoms with Gasteiger partial charge in [-0.15, -0.1) is 0 Å². The maximum absolute atomic E-state index is 13.9. The van der Waals surface area contributed by atoms with Crippen LogP contribution in [0.15, 0.2) is 48.7 Å². The number of nitrogen functional groups attached to an aromatic ring is 1. The lowest BCUT2D eigenvalue weighted by atomic mass is 10.1. The average Bonchev–Trinajstić information content (AvgIpc) is 3.17. The summed E-state index contributed by atoms with van der Waals surface area (Å²) in [6, 6.07) is 13.3. The van der Waals surface area contributed by atoms with E-state index in [0.717, 1.165) is 35.1 Å². The molecule has 1 amide bonds. The van der Waals surface area contributed by atoms with Crippen LogP contribution in [0.3, 0.4) is 0 Å². The predicted molar refractivity (Wildman–Crippen MR) is 110 cm³/mol. The average molecular weight is 391 g/mol. The van der Waals surface area contributed by atoms with Crippen LogP contribution in [-0.2, 0) is 13.0 Å². The SMILES string of the molecule is CNC(=O)c1nc(-c2cccc(CNC3CCc4c(F)cccc43)c2)cnc1N. The molecular weight excluding hydrogens is 369 g/mol. The van der Waals surface area contributed by atoms with Crippen LogP contribution in [0.1, 0.15) is 39.6 Å². The Balaban J connectivity index is 1.52. The normalized spacial score (nSPS) is 15.2. The van der Waals surface area contributed by atoms with Gasteiger partial charge in [-0.05, 0) is 41.7 Å². The molecule has 6 nitrogen and oxygen atoms in total. The largest absolute Gasteiger partial charge is 0.382 e. The first-order valence-corrected chi connectivity index (χ1v) is 9.51. The second-order valence-electron chi connectivity index (χ2n) is 7.05. The highest BCUT2D eigenvalue weighted by Gasteiger charge is 2.24. The number of carbonyl (C=O) groups excluding carboxylic acids is 1. The smallest absolute Gasteiger partial charge is 0.273 e. The fourth-order valence-corrected chi connectivity index (χ4v) is 3.73. The summed E-state index contributed by atoms with van der Waals surface area (Å²) in [5, 5.41) is 6.04. The van der Waals surface area contributed by atoms with Crippen LogP contribution >= 0.6 is 0 Å². The number of anilines is 1. The molecule has 0 fully saturated rings. The van der Waals surface area contributed by atoms with E-state index in [1.807, 2.05) is 30.3 Å². The van der Waals surface area contributed by atoms with Gasteiger partial charge in [-0.1, -0.05) is 30.3 Å². The summed E-state index contributed by atoms with van der Waals surface area (Å²) < 4.78 is 13.9. The van der Waals surface area contributed by atoms with E-state index in [0.29, 0.717) is 12.2 Å². The fraction of sp³-hybridized carbons (Fsp3) is 0.227. The van der Waals surface area contributed by atoms with E-state index in [2.05, 4.69) is 20.6 Å². The monoisotopic (exact) mass is 391 g/mol. The molecule has 0 radical (unpaired) electrons. The highest BCUT2D eigenvalue weighted by molar-refractivity contribution is 5.96. The zero-order chi connectivity index (χ0) is 20.4. The molecule has 1 atom stereocenters. The number of aromatic nitrogens is 2. The first-order valence-electron chi connectivity index (χ1n) is 9.51. The zero-order valence-corrected chi connectivity index (χ0v) is 16.1. The molecule has 0 spiro atoms. The topological polar surface area (TPSA) is 92.9 Å². The van der Waals surface area contributed by atoms with Crippen molar-refractivity contribution in [3.8, 4) is 11.3 Å². The second kappa shape index (κ2) is 7.97. The molecule has 3 aromatic rings. The number of nitrogens with zero attached hydrogens (tertiary/aromatic N) is 2. The van der Waals surface area contributed by atoms with Crippen LogP contribution in [0.4, 0.5) is 10.2 Å². The molecular formula is C22H22FN5O. The zero-order valence-electron chi connectivity index (χ0n) is 16.1. The molecule has 1 aliphatic rings. The highest BCUT2D eigenvalue weighted by Crippen LogP contribution is 2.33.